The van der Waals surface area contributed by atoms with Crippen molar-refractivity contribution in [2.75, 3.05) is 6.61 Å². The third-order valence-electron chi connectivity index (χ3n) is 2.75. The van der Waals surface area contributed by atoms with E-state index < -0.39 is 17.4 Å². The van der Waals surface area contributed by atoms with Gasteiger partial charge in [-0.2, -0.15) is 0 Å². The number of halogens is 1. The third-order valence-corrected chi connectivity index (χ3v) is 2.98. The molecule has 0 spiro atoms. The second kappa shape index (κ2) is 4.13. The summed E-state index contributed by atoms with van der Waals surface area (Å²) in [6.45, 7) is 1.73. The Bertz CT molecular complexity index is 497. The van der Waals surface area contributed by atoms with E-state index in [1.807, 2.05) is 0 Å². The largest absolute Gasteiger partial charge is 0.463 e. The summed E-state index contributed by atoms with van der Waals surface area (Å²) in [4.78, 5) is 23.6. The van der Waals surface area contributed by atoms with Crippen LogP contribution in [0.4, 0.5) is 0 Å². The van der Waals surface area contributed by atoms with Crippen molar-refractivity contribution in [3.05, 3.63) is 34.3 Å². The number of fused-ring (bicyclic) bond motifs is 1. The van der Waals surface area contributed by atoms with Crippen molar-refractivity contribution in [1.82, 2.24) is 0 Å². The van der Waals surface area contributed by atoms with E-state index in [1.165, 1.54) is 6.07 Å². The number of rotatable bonds is 2. The van der Waals surface area contributed by atoms with E-state index in [4.69, 9.17) is 16.3 Å². The monoisotopic (exact) mass is 254 g/mol. The van der Waals surface area contributed by atoms with Crippen LogP contribution >= 0.6 is 11.6 Å². The molecule has 0 aromatic heterocycles. The van der Waals surface area contributed by atoms with Crippen LogP contribution in [0.3, 0.4) is 0 Å². The van der Waals surface area contributed by atoms with E-state index in [0.717, 1.165) is 0 Å². The number of carbonyl (C=O) groups is 2. The van der Waals surface area contributed by atoms with Gasteiger partial charge in [-0.3, -0.25) is 4.79 Å². The van der Waals surface area contributed by atoms with Crippen molar-refractivity contribution in [2.45, 2.75) is 18.9 Å². The van der Waals surface area contributed by atoms with Crippen molar-refractivity contribution in [2.24, 2.45) is 0 Å². The molecule has 0 unspecified atom stereocenters. The highest BCUT2D eigenvalue weighted by atomic mass is 35.5. The quantitative estimate of drug-likeness (QED) is 0.640. The molecule has 0 radical (unpaired) electrons. The molecule has 17 heavy (non-hydrogen) atoms. The van der Waals surface area contributed by atoms with Gasteiger partial charge in [-0.1, -0.05) is 11.6 Å². The van der Waals surface area contributed by atoms with Crippen molar-refractivity contribution < 1.29 is 19.4 Å². The minimum Gasteiger partial charge on any atom is -0.463 e. The maximum Gasteiger partial charge on any atom is 0.346 e. The molecule has 1 aromatic rings. The Kier molecular flexibility index (Phi) is 2.93. The SMILES string of the molecule is CCOC(=O)[C@]1(O)Cc2cc(Cl)ccc2C1=O. The van der Waals surface area contributed by atoms with Gasteiger partial charge in [0, 0.05) is 17.0 Å². The second-order valence-corrected chi connectivity index (χ2v) is 4.32. The summed E-state index contributed by atoms with van der Waals surface area (Å²) >= 11 is 5.80. The minimum atomic E-state index is -2.09. The summed E-state index contributed by atoms with van der Waals surface area (Å²) in [5, 5.41) is 10.6. The molecule has 1 aliphatic rings. The van der Waals surface area contributed by atoms with Gasteiger partial charge >= 0.3 is 5.97 Å². The molecule has 0 fully saturated rings. The van der Waals surface area contributed by atoms with E-state index in [1.54, 1.807) is 19.1 Å². The van der Waals surface area contributed by atoms with Gasteiger partial charge in [-0.25, -0.2) is 4.79 Å². The molecule has 1 aromatic carbocycles. The Labute approximate surface area is 103 Å². The van der Waals surface area contributed by atoms with Gasteiger partial charge in [0.1, 0.15) is 0 Å². The van der Waals surface area contributed by atoms with E-state index in [-0.39, 0.29) is 13.0 Å². The molecule has 1 N–H and O–H groups in total. The van der Waals surface area contributed by atoms with E-state index in [2.05, 4.69) is 0 Å². The van der Waals surface area contributed by atoms with Crippen LogP contribution in [0.2, 0.25) is 5.02 Å². The lowest BCUT2D eigenvalue weighted by Gasteiger charge is -2.17. The number of Topliss-reactive ketones (excluding diaryl/α,β-unsaturated/α-hetero) is 1. The van der Waals surface area contributed by atoms with Crippen LogP contribution in [0.1, 0.15) is 22.8 Å². The number of hydrogen-bond acceptors (Lipinski definition) is 4. The fourth-order valence-corrected chi connectivity index (χ4v) is 2.12. The number of carbonyl (C=O) groups excluding carboxylic acids is 2. The van der Waals surface area contributed by atoms with E-state index in [9.17, 15) is 14.7 Å². The topological polar surface area (TPSA) is 63.6 Å². The lowest BCUT2D eigenvalue weighted by Crippen LogP contribution is -2.45. The van der Waals surface area contributed by atoms with Crippen LogP contribution in [0.15, 0.2) is 18.2 Å². The highest BCUT2D eigenvalue weighted by molar-refractivity contribution is 6.31. The zero-order chi connectivity index (χ0) is 12.6. The first kappa shape index (κ1) is 12.1. The highest BCUT2D eigenvalue weighted by Crippen LogP contribution is 2.32. The molecule has 0 bridgehead atoms. The maximum absolute atomic E-state index is 12.0. The fraction of sp³-hybridized carbons (Fsp3) is 0.333. The lowest BCUT2D eigenvalue weighted by molar-refractivity contribution is -0.159. The summed E-state index contributed by atoms with van der Waals surface area (Å²) in [5.74, 6) is -1.53. The van der Waals surface area contributed by atoms with Crippen molar-refractivity contribution in [3.63, 3.8) is 0 Å². The van der Waals surface area contributed by atoms with Gasteiger partial charge in [0.05, 0.1) is 6.61 Å². The predicted octanol–water partition coefficient (Wildman–Crippen LogP) is 1.37. The molecule has 0 saturated carbocycles. The molecule has 2 rings (SSSR count). The van der Waals surface area contributed by atoms with Gasteiger partial charge in [0.2, 0.25) is 11.4 Å². The Morgan fingerprint density at radius 3 is 2.94 bits per heavy atom. The number of ketones is 1. The van der Waals surface area contributed by atoms with Crippen LogP contribution < -0.4 is 0 Å². The summed E-state index contributed by atoms with van der Waals surface area (Å²) < 4.78 is 4.72. The van der Waals surface area contributed by atoms with Crippen LogP contribution in [0.5, 0.6) is 0 Å². The average Bonchev–Trinajstić information content (AvgIpc) is 2.52. The van der Waals surface area contributed by atoms with Gasteiger partial charge < -0.3 is 9.84 Å². The molecule has 0 aliphatic heterocycles. The summed E-state index contributed by atoms with van der Waals surface area (Å²) in [6, 6.07) is 4.64. The van der Waals surface area contributed by atoms with Gasteiger partial charge in [-0.15, -0.1) is 0 Å². The van der Waals surface area contributed by atoms with E-state index >= 15 is 0 Å². The lowest BCUT2D eigenvalue weighted by atomic mass is 10.00. The van der Waals surface area contributed by atoms with Crippen LogP contribution in [0.25, 0.3) is 0 Å². The zero-order valence-corrected chi connectivity index (χ0v) is 9.95. The minimum absolute atomic E-state index is 0.0828. The predicted molar refractivity (Wildman–Crippen MR) is 61.1 cm³/mol. The standard InChI is InChI=1S/C12H11ClO4/c1-2-17-11(15)12(16)6-7-5-8(13)3-4-9(7)10(12)14/h3-5,16H,2,6H2,1H3/t12-/m0/s1. The number of hydrogen-bond donors (Lipinski definition) is 1. The maximum atomic E-state index is 12.0. The number of aliphatic hydroxyl groups is 1. The Balaban J connectivity index is 2.39. The summed E-state index contributed by atoms with van der Waals surface area (Å²) in [5.41, 5.74) is -1.20. The molecular weight excluding hydrogens is 244 g/mol. The molecule has 0 saturated heterocycles. The molecule has 1 aliphatic carbocycles. The third kappa shape index (κ3) is 1.83. The summed E-state index contributed by atoms with van der Waals surface area (Å²) in [6.07, 6.45) is -0.0828. The first-order valence-electron chi connectivity index (χ1n) is 5.22. The Morgan fingerprint density at radius 2 is 2.29 bits per heavy atom. The van der Waals surface area contributed by atoms with Crippen LogP contribution in [0, 0.1) is 0 Å². The molecule has 5 heteroatoms. The summed E-state index contributed by atoms with van der Waals surface area (Å²) in [7, 11) is 0. The Hall–Kier alpha value is -1.39. The molecule has 0 heterocycles. The van der Waals surface area contributed by atoms with Crippen molar-refractivity contribution in [3.8, 4) is 0 Å². The molecule has 1 atom stereocenters. The van der Waals surface area contributed by atoms with Gasteiger partial charge in [0.25, 0.3) is 0 Å². The molecular formula is C12H11ClO4. The molecule has 4 nitrogen and oxygen atoms in total. The van der Waals surface area contributed by atoms with Crippen LogP contribution in [-0.2, 0) is 16.0 Å². The average molecular weight is 255 g/mol. The van der Waals surface area contributed by atoms with Crippen molar-refractivity contribution in [1.29, 1.82) is 0 Å². The number of ether oxygens (including phenoxy) is 1. The Morgan fingerprint density at radius 1 is 1.59 bits per heavy atom. The van der Waals surface area contributed by atoms with Crippen LogP contribution in [-0.4, -0.2) is 29.1 Å². The molecule has 0 amide bonds. The fourth-order valence-electron chi connectivity index (χ4n) is 1.92. The zero-order valence-electron chi connectivity index (χ0n) is 9.20. The highest BCUT2D eigenvalue weighted by Gasteiger charge is 2.51. The number of esters is 1. The first-order valence-corrected chi connectivity index (χ1v) is 5.59. The normalized spacial score (nSPS) is 22.4. The second-order valence-electron chi connectivity index (χ2n) is 3.89. The first-order chi connectivity index (χ1) is 7.99. The number of benzene rings is 1. The van der Waals surface area contributed by atoms with Crippen molar-refractivity contribution >= 4 is 23.4 Å². The molecule has 90 valence electrons. The smallest absolute Gasteiger partial charge is 0.346 e. The van der Waals surface area contributed by atoms with Gasteiger partial charge in [-0.05, 0) is 30.7 Å². The van der Waals surface area contributed by atoms with E-state index in [0.29, 0.717) is 16.1 Å². The van der Waals surface area contributed by atoms with Gasteiger partial charge in [0.15, 0.2) is 0 Å².